The van der Waals surface area contributed by atoms with E-state index in [1.165, 1.54) is 30.5 Å². The summed E-state index contributed by atoms with van der Waals surface area (Å²) in [6.45, 7) is 13.7. The summed E-state index contributed by atoms with van der Waals surface area (Å²) in [5, 5.41) is 6.95. The number of hydrogen-bond donors (Lipinski definition) is 2. The number of nitrogens with zero attached hydrogens (tertiary/aromatic N) is 3. The smallest absolute Gasteiger partial charge is 0.191 e. The molecule has 2 heterocycles. The topological polar surface area (TPSA) is 52.1 Å². The van der Waals surface area contributed by atoms with Gasteiger partial charge < -0.3 is 15.4 Å². The van der Waals surface area contributed by atoms with Crippen LogP contribution in [0.15, 0.2) is 29.3 Å². The number of nitrogens with one attached hydrogen (secondary N) is 2. The molecule has 0 spiro atoms. The van der Waals surface area contributed by atoms with Gasteiger partial charge in [0.25, 0.3) is 0 Å². The Morgan fingerprint density at radius 3 is 2.45 bits per heavy atom. The highest BCUT2D eigenvalue weighted by molar-refractivity contribution is 5.79. The first-order valence-electron chi connectivity index (χ1n) is 11.2. The Balaban J connectivity index is 1.43. The Bertz CT molecular complexity index is 637. The second kappa shape index (κ2) is 11.0. The summed E-state index contributed by atoms with van der Waals surface area (Å²) in [6.07, 6.45) is 3.21. The molecule has 1 aromatic carbocycles. The maximum absolute atomic E-state index is 5.83. The monoisotopic (exact) mass is 401 g/mol. The quantitative estimate of drug-likeness (QED) is 0.543. The molecule has 2 fully saturated rings. The average Bonchev–Trinajstić information content (AvgIpc) is 3.16. The summed E-state index contributed by atoms with van der Waals surface area (Å²) < 4.78 is 5.83. The lowest BCUT2D eigenvalue weighted by molar-refractivity contribution is -0.0704. The van der Waals surface area contributed by atoms with Crippen molar-refractivity contribution in [1.82, 2.24) is 20.4 Å². The number of ether oxygens (including phenoxy) is 1. The van der Waals surface area contributed by atoms with Gasteiger partial charge in [-0.15, -0.1) is 0 Å². The molecule has 3 atom stereocenters. The van der Waals surface area contributed by atoms with Gasteiger partial charge in [0.2, 0.25) is 0 Å². The number of aliphatic imine (C=N–C) groups is 1. The number of likely N-dealkylation sites (N-methyl/N-ethyl adjacent to an activating group) is 1. The Hall–Kier alpha value is -1.63. The van der Waals surface area contributed by atoms with Crippen molar-refractivity contribution in [3.8, 4) is 0 Å². The highest BCUT2D eigenvalue weighted by Gasteiger charge is 2.23. The van der Waals surface area contributed by atoms with Crippen LogP contribution in [0.1, 0.15) is 44.7 Å². The van der Waals surface area contributed by atoms with Crippen molar-refractivity contribution in [2.24, 2.45) is 4.99 Å². The van der Waals surface area contributed by atoms with Gasteiger partial charge >= 0.3 is 0 Å². The maximum atomic E-state index is 5.83. The fourth-order valence-electron chi connectivity index (χ4n) is 4.60. The molecule has 0 radical (unpaired) electrons. The number of guanidine groups is 1. The first-order valence-corrected chi connectivity index (χ1v) is 11.2. The first-order chi connectivity index (χ1) is 14.1. The van der Waals surface area contributed by atoms with Gasteiger partial charge in [-0.1, -0.05) is 31.2 Å². The number of rotatable bonds is 7. The van der Waals surface area contributed by atoms with Crippen molar-refractivity contribution in [3.63, 3.8) is 0 Å². The molecule has 2 saturated heterocycles. The summed E-state index contributed by atoms with van der Waals surface area (Å²) in [5.41, 5.74) is 2.63. The molecule has 0 aliphatic carbocycles. The molecule has 3 rings (SSSR count). The van der Waals surface area contributed by atoms with Crippen LogP contribution in [0.2, 0.25) is 0 Å². The third-order valence-electron chi connectivity index (χ3n) is 6.02. The van der Waals surface area contributed by atoms with Gasteiger partial charge in [0.1, 0.15) is 0 Å². The number of likely N-dealkylation sites (tertiary alicyclic amines) is 1. The van der Waals surface area contributed by atoms with E-state index in [1.807, 2.05) is 7.05 Å². The van der Waals surface area contributed by atoms with Gasteiger partial charge in [0.05, 0.1) is 12.2 Å². The van der Waals surface area contributed by atoms with Crippen LogP contribution >= 0.6 is 0 Å². The van der Waals surface area contributed by atoms with E-state index in [0.717, 1.165) is 45.2 Å². The summed E-state index contributed by atoms with van der Waals surface area (Å²) >= 11 is 0. The van der Waals surface area contributed by atoms with E-state index in [0.29, 0.717) is 18.2 Å². The molecule has 2 aliphatic rings. The van der Waals surface area contributed by atoms with Gasteiger partial charge in [-0.25, -0.2) is 0 Å². The van der Waals surface area contributed by atoms with Gasteiger partial charge in [-0.05, 0) is 50.9 Å². The minimum atomic E-state index is 0.315. The predicted octanol–water partition coefficient (Wildman–Crippen LogP) is 2.45. The minimum absolute atomic E-state index is 0.315. The van der Waals surface area contributed by atoms with Crippen LogP contribution in [0, 0.1) is 0 Å². The first kappa shape index (κ1) is 22.1. The third-order valence-corrected chi connectivity index (χ3v) is 6.02. The Labute approximate surface area is 176 Å². The molecular formula is C23H39N5O. The van der Waals surface area contributed by atoms with Crippen LogP contribution in [0.25, 0.3) is 0 Å². The lowest BCUT2D eigenvalue weighted by Crippen LogP contribution is -2.44. The largest absolute Gasteiger partial charge is 0.373 e. The Morgan fingerprint density at radius 2 is 1.79 bits per heavy atom. The van der Waals surface area contributed by atoms with Gasteiger partial charge in [-0.2, -0.15) is 0 Å². The molecule has 0 saturated carbocycles. The van der Waals surface area contributed by atoms with Crippen molar-refractivity contribution < 1.29 is 4.74 Å². The zero-order valence-corrected chi connectivity index (χ0v) is 18.7. The van der Waals surface area contributed by atoms with Crippen LogP contribution in [0.4, 0.5) is 0 Å². The average molecular weight is 402 g/mol. The standard InChI is InChI=1S/C23H39N5O/c1-5-28-12-6-7-22(28)14-26-23(24-4)25-13-20-8-10-21(11-9-20)17-27-15-18(2)29-19(3)16-27/h8-11,18-19,22H,5-7,12-17H2,1-4H3,(H2,24,25,26). The molecule has 2 N–H and O–H groups in total. The van der Waals surface area contributed by atoms with Crippen molar-refractivity contribution >= 4 is 5.96 Å². The fraction of sp³-hybridized carbons (Fsp3) is 0.696. The zero-order chi connectivity index (χ0) is 20.6. The molecule has 3 unspecified atom stereocenters. The van der Waals surface area contributed by atoms with E-state index < -0.39 is 0 Å². The molecule has 2 aliphatic heterocycles. The van der Waals surface area contributed by atoms with Crippen molar-refractivity contribution in [2.45, 2.75) is 65.0 Å². The molecule has 0 aromatic heterocycles. The molecule has 6 nitrogen and oxygen atoms in total. The van der Waals surface area contributed by atoms with Crippen molar-refractivity contribution in [1.29, 1.82) is 0 Å². The van der Waals surface area contributed by atoms with Gasteiger partial charge in [0, 0.05) is 45.8 Å². The maximum Gasteiger partial charge on any atom is 0.191 e. The summed E-state index contributed by atoms with van der Waals surface area (Å²) in [5.74, 6) is 0.883. The van der Waals surface area contributed by atoms with Crippen molar-refractivity contribution in [3.05, 3.63) is 35.4 Å². The fourth-order valence-corrected chi connectivity index (χ4v) is 4.60. The molecular weight excluding hydrogens is 362 g/mol. The molecule has 0 bridgehead atoms. The molecule has 29 heavy (non-hydrogen) atoms. The van der Waals surface area contributed by atoms with E-state index in [1.54, 1.807) is 0 Å². The lowest BCUT2D eigenvalue weighted by Gasteiger charge is -2.35. The van der Waals surface area contributed by atoms with E-state index in [2.05, 4.69) is 70.5 Å². The van der Waals surface area contributed by atoms with Gasteiger partial charge in [0.15, 0.2) is 5.96 Å². The van der Waals surface area contributed by atoms with Crippen LogP contribution in [0.3, 0.4) is 0 Å². The number of hydrogen-bond acceptors (Lipinski definition) is 4. The highest BCUT2D eigenvalue weighted by Crippen LogP contribution is 2.16. The van der Waals surface area contributed by atoms with Crippen molar-refractivity contribution in [2.75, 3.05) is 39.8 Å². The Morgan fingerprint density at radius 1 is 1.10 bits per heavy atom. The molecule has 1 aromatic rings. The highest BCUT2D eigenvalue weighted by atomic mass is 16.5. The summed E-state index contributed by atoms with van der Waals surface area (Å²) in [7, 11) is 1.84. The van der Waals surface area contributed by atoms with E-state index in [9.17, 15) is 0 Å². The van der Waals surface area contributed by atoms with Crippen LogP contribution in [0.5, 0.6) is 0 Å². The predicted molar refractivity (Wildman–Crippen MR) is 120 cm³/mol. The van der Waals surface area contributed by atoms with Crippen LogP contribution < -0.4 is 10.6 Å². The number of benzene rings is 1. The second-order valence-corrected chi connectivity index (χ2v) is 8.50. The van der Waals surface area contributed by atoms with Gasteiger partial charge in [-0.3, -0.25) is 14.8 Å². The van der Waals surface area contributed by atoms with E-state index in [-0.39, 0.29) is 0 Å². The minimum Gasteiger partial charge on any atom is -0.373 e. The zero-order valence-electron chi connectivity index (χ0n) is 18.7. The third kappa shape index (κ3) is 6.69. The molecule has 162 valence electrons. The number of morpholine rings is 1. The Kier molecular flexibility index (Phi) is 8.33. The molecule has 0 amide bonds. The van der Waals surface area contributed by atoms with Crippen LogP contribution in [-0.2, 0) is 17.8 Å². The SMILES string of the molecule is CCN1CCCC1CNC(=NC)NCc1ccc(CN2CC(C)OC(C)C2)cc1. The second-order valence-electron chi connectivity index (χ2n) is 8.50. The summed E-state index contributed by atoms with van der Waals surface area (Å²) in [6, 6.07) is 9.56. The summed E-state index contributed by atoms with van der Waals surface area (Å²) in [4.78, 5) is 9.42. The van der Waals surface area contributed by atoms with E-state index in [4.69, 9.17) is 4.74 Å². The molecule has 6 heteroatoms. The normalized spacial score (nSPS) is 26.6. The van der Waals surface area contributed by atoms with E-state index >= 15 is 0 Å². The lowest BCUT2D eigenvalue weighted by atomic mass is 10.1. The van der Waals surface area contributed by atoms with Crippen LogP contribution in [-0.4, -0.2) is 73.8 Å².